The molecule has 0 spiro atoms. The van der Waals surface area contributed by atoms with Crippen LogP contribution in [0.15, 0.2) is 30.3 Å². The van der Waals surface area contributed by atoms with Gasteiger partial charge in [0, 0.05) is 6.54 Å². The first kappa shape index (κ1) is 33.9. The third kappa shape index (κ3) is 12.6. The van der Waals surface area contributed by atoms with Gasteiger partial charge in [-0.25, -0.2) is 9.59 Å². The largest absolute Gasteiger partial charge is 0.445 e. The predicted octanol–water partition coefficient (Wildman–Crippen LogP) is 0.846. The Balaban J connectivity index is 2.91. The van der Waals surface area contributed by atoms with Gasteiger partial charge >= 0.3 is 12.1 Å². The standard InChI is InChI=1S/C27H42N6O7/c1-5-17(4)21(22(34)25(37)31-19(23(28)35)12-9-13-30-26(29)38)33-24(36)20(14-16(2)3)32-27(39)40-15-18-10-7-6-8-11-18/h6-8,10-11,16-17,19-21H,5,9,12-15H2,1-4H3,(H2,28,35)(H,31,37)(H,32,39)(H,33,36)(H3,29,30,38)/t17-,19-,20-,21?/m0/s1. The average Bonchev–Trinajstić information content (AvgIpc) is 2.90. The number of rotatable bonds is 17. The van der Waals surface area contributed by atoms with Crippen molar-refractivity contribution in [1.29, 1.82) is 0 Å². The van der Waals surface area contributed by atoms with Crippen molar-refractivity contribution in [2.75, 3.05) is 6.54 Å². The lowest BCUT2D eigenvalue weighted by Gasteiger charge is -2.27. The fraction of sp³-hybridized carbons (Fsp3) is 0.556. The smallest absolute Gasteiger partial charge is 0.408 e. The lowest BCUT2D eigenvalue weighted by Crippen LogP contribution is -2.57. The molecule has 13 heteroatoms. The molecule has 0 aromatic heterocycles. The highest BCUT2D eigenvalue weighted by molar-refractivity contribution is 6.38. The van der Waals surface area contributed by atoms with E-state index in [9.17, 15) is 28.8 Å². The highest BCUT2D eigenvalue weighted by Gasteiger charge is 2.35. The summed E-state index contributed by atoms with van der Waals surface area (Å²) < 4.78 is 5.23. The topological polar surface area (TPSA) is 212 Å². The Morgan fingerprint density at radius 3 is 2.10 bits per heavy atom. The van der Waals surface area contributed by atoms with Gasteiger partial charge in [0.1, 0.15) is 18.7 Å². The van der Waals surface area contributed by atoms with Crippen LogP contribution in [0.3, 0.4) is 0 Å². The number of benzene rings is 1. The summed E-state index contributed by atoms with van der Waals surface area (Å²) in [6, 6.07) is 4.87. The molecule has 8 N–H and O–H groups in total. The van der Waals surface area contributed by atoms with Crippen LogP contribution in [0.1, 0.15) is 58.9 Å². The van der Waals surface area contributed by atoms with Gasteiger partial charge in [0.25, 0.3) is 5.91 Å². The number of carbonyl (C=O) groups is 6. The zero-order valence-corrected chi connectivity index (χ0v) is 23.5. The minimum Gasteiger partial charge on any atom is -0.445 e. The van der Waals surface area contributed by atoms with Crippen molar-refractivity contribution in [3.05, 3.63) is 35.9 Å². The van der Waals surface area contributed by atoms with Crippen LogP contribution in [0.2, 0.25) is 0 Å². The Hall–Kier alpha value is -4.16. The van der Waals surface area contributed by atoms with Crippen molar-refractivity contribution < 1.29 is 33.5 Å². The average molecular weight is 563 g/mol. The minimum atomic E-state index is -1.22. The van der Waals surface area contributed by atoms with Crippen LogP contribution < -0.4 is 32.7 Å². The van der Waals surface area contributed by atoms with E-state index < -0.39 is 59.7 Å². The molecular weight excluding hydrogens is 520 g/mol. The number of carbonyl (C=O) groups excluding carboxylic acids is 6. The molecule has 6 amide bonds. The lowest BCUT2D eigenvalue weighted by atomic mass is 9.93. The fourth-order valence-electron chi connectivity index (χ4n) is 3.74. The molecule has 0 aliphatic heterocycles. The molecule has 0 saturated heterocycles. The van der Waals surface area contributed by atoms with Crippen LogP contribution in [0.5, 0.6) is 0 Å². The third-order valence-electron chi connectivity index (χ3n) is 6.16. The first-order chi connectivity index (χ1) is 18.8. The van der Waals surface area contributed by atoms with Crippen LogP contribution in [0.4, 0.5) is 9.59 Å². The van der Waals surface area contributed by atoms with E-state index in [4.69, 9.17) is 16.2 Å². The summed E-state index contributed by atoms with van der Waals surface area (Å²) in [5, 5.41) is 9.82. The Kier molecular flexibility index (Phi) is 14.8. The second-order valence-corrected chi connectivity index (χ2v) is 9.99. The maximum absolute atomic E-state index is 13.2. The highest BCUT2D eigenvalue weighted by Crippen LogP contribution is 2.12. The number of primary amides is 2. The van der Waals surface area contributed by atoms with Gasteiger partial charge in [-0.05, 0) is 36.7 Å². The summed E-state index contributed by atoms with van der Waals surface area (Å²) in [7, 11) is 0. The maximum atomic E-state index is 13.2. The minimum absolute atomic E-state index is 0.00611. The summed E-state index contributed by atoms with van der Waals surface area (Å²) in [5.41, 5.74) is 11.1. The van der Waals surface area contributed by atoms with E-state index in [0.717, 1.165) is 5.56 Å². The van der Waals surface area contributed by atoms with E-state index >= 15 is 0 Å². The number of alkyl carbamates (subject to hydrolysis) is 1. The molecule has 0 heterocycles. The number of nitrogens with one attached hydrogen (secondary N) is 4. The van der Waals surface area contributed by atoms with E-state index in [1.54, 1.807) is 38.1 Å². The Morgan fingerprint density at radius 2 is 1.55 bits per heavy atom. The van der Waals surface area contributed by atoms with Crippen LogP contribution in [-0.4, -0.2) is 60.3 Å². The van der Waals surface area contributed by atoms with Crippen LogP contribution in [0.25, 0.3) is 0 Å². The van der Waals surface area contributed by atoms with Crippen molar-refractivity contribution in [2.45, 2.75) is 78.1 Å². The zero-order chi connectivity index (χ0) is 30.2. The summed E-state index contributed by atoms with van der Waals surface area (Å²) in [4.78, 5) is 74.2. The molecule has 0 fully saturated rings. The first-order valence-corrected chi connectivity index (χ1v) is 13.3. The van der Waals surface area contributed by atoms with Gasteiger partial charge in [0.2, 0.25) is 17.6 Å². The second-order valence-electron chi connectivity index (χ2n) is 9.99. The molecule has 0 saturated carbocycles. The van der Waals surface area contributed by atoms with E-state index in [2.05, 4.69) is 21.3 Å². The van der Waals surface area contributed by atoms with Gasteiger partial charge < -0.3 is 37.5 Å². The number of hydrogen-bond donors (Lipinski definition) is 6. The molecule has 4 atom stereocenters. The normalized spacial score (nSPS) is 13.7. The van der Waals surface area contributed by atoms with Gasteiger partial charge in [-0.15, -0.1) is 0 Å². The first-order valence-electron chi connectivity index (χ1n) is 13.3. The molecule has 0 aliphatic rings. The van der Waals surface area contributed by atoms with E-state index in [0.29, 0.717) is 6.42 Å². The van der Waals surface area contributed by atoms with Crippen molar-refractivity contribution in [2.24, 2.45) is 23.3 Å². The molecule has 1 aromatic rings. The number of amides is 6. The zero-order valence-electron chi connectivity index (χ0n) is 23.5. The number of urea groups is 1. The maximum Gasteiger partial charge on any atom is 0.408 e. The molecule has 13 nitrogen and oxygen atoms in total. The fourth-order valence-corrected chi connectivity index (χ4v) is 3.74. The molecule has 0 aliphatic carbocycles. The Bertz CT molecular complexity index is 1020. The number of hydrogen-bond acceptors (Lipinski definition) is 7. The van der Waals surface area contributed by atoms with Crippen LogP contribution in [-0.2, 0) is 30.5 Å². The van der Waals surface area contributed by atoms with Gasteiger partial charge in [-0.3, -0.25) is 19.2 Å². The van der Waals surface area contributed by atoms with Gasteiger partial charge in [-0.1, -0.05) is 64.4 Å². The van der Waals surface area contributed by atoms with E-state index in [1.807, 2.05) is 19.9 Å². The number of ether oxygens (including phenoxy) is 1. The molecule has 0 bridgehead atoms. The molecule has 1 rings (SSSR count). The second kappa shape index (κ2) is 17.4. The predicted molar refractivity (Wildman–Crippen MR) is 147 cm³/mol. The number of ketones is 1. The van der Waals surface area contributed by atoms with Crippen molar-refractivity contribution in [3.63, 3.8) is 0 Å². The van der Waals surface area contributed by atoms with Crippen molar-refractivity contribution >= 4 is 35.6 Å². The third-order valence-corrected chi connectivity index (χ3v) is 6.16. The highest BCUT2D eigenvalue weighted by atomic mass is 16.5. The monoisotopic (exact) mass is 562 g/mol. The lowest BCUT2D eigenvalue weighted by molar-refractivity contribution is -0.142. The molecule has 0 radical (unpaired) electrons. The molecule has 1 aromatic carbocycles. The van der Waals surface area contributed by atoms with Gasteiger partial charge in [0.05, 0.1) is 6.04 Å². The van der Waals surface area contributed by atoms with Gasteiger partial charge in [0.15, 0.2) is 0 Å². The van der Waals surface area contributed by atoms with E-state index in [-0.39, 0.29) is 38.3 Å². The molecule has 222 valence electrons. The van der Waals surface area contributed by atoms with Crippen LogP contribution in [0, 0.1) is 11.8 Å². The summed E-state index contributed by atoms with van der Waals surface area (Å²) in [5.74, 6) is -4.00. The molecule has 40 heavy (non-hydrogen) atoms. The quantitative estimate of drug-likeness (QED) is 0.119. The molecule has 1 unspecified atom stereocenters. The Labute approximate surface area is 234 Å². The van der Waals surface area contributed by atoms with Crippen molar-refractivity contribution in [1.82, 2.24) is 21.3 Å². The summed E-state index contributed by atoms with van der Waals surface area (Å²) in [6.45, 7) is 7.37. The summed E-state index contributed by atoms with van der Waals surface area (Å²) >= 11 is 0. The summed E-state index contributed by atoms with van der Waals surface area (Å²) in [6.07, 6.45) is 0.218. The van der Waals surface area contributed by atoms with Crippen LogP contribution >= 0.6 is 0 Å². The van der Waals surface area contributed by atoms with E-state index in [1.165, 1.54) is 0 Å². The number of nitrogens with two attached hydrogens (primary N) is 2. The van der Waals surface area contributed by atoms with Crippen molar-refractivity contribution in [3.8, 4) is 0 Å². The Morgan fingerprint density at radius 1 is 0.900 bits per heavy atom. The van der Waals surface area contributed by atoms with Gasteiger partial charge in [-0.2, -0.15) is 0 Å². The SMILES string of the molecule is CC[C@H](C)C(NC(=O)[C@H](CC(C)C)NC(=O)OCc1ccccc1)C(=O)C(=O)N[C@@H](CCCNC(N)=O)C(N)=O. The molecular formula is C27H42N6O7. The number of Topliss-reactive ketones (excluding diaryl/α,β-unsaturated/α-hetero) is 1.